The fourth-order valence-electron chi connectivity index (χ4n) is 2.25. The van der Waals surface area contributed by atoms with E-state index in [0.717, 1.165) is 0 Å². The molecule has 2 aromatic rings. The summed E-state index contributed by atoms with van der Waals surface area (Å²) in [6.07, 6.45) is 2.60. The molecule has 1 aliphatic rings. The van der Waals surface area contributed by atoms with Crippen molar-refractivity contribution in [1.82, 2.24) is 4.98 Å². The lowest BCUT2D eigenvalue weighted by Gasteiger charge is -2.13. The predicted molar refractivity (Wildman–Crippen MR) is 73.3 cm³/mol. The van der Waals surface area contributed by atoms with Crippen molar-refractivity contribution < 1.29 is 19.0 Å². The lowest BCUT2D eigenvalue weighted by Crippen LogP contribution is -2.31. The van der Waals surface area contributed by atoms with Crippen LogP contribution < -0.4 is 10.1 Å². The molecule has 0 fully saturated rings. The van der Waals surface area contributed by atoms with E-state index in [1.165, 1.54) is 30.6 Å². The molecule has 1 atom stereocenters. The molecular weight excluding hydrogens is 275 g/mol. The van der Waals surface area contributed by atoms with E-state index in [-0.39, 0.29) is 18.3 Å². The van der Waals surface area contributed by atoms with Gasteiger partial charge in [0.1, 0.15) is 11.6 Å². The Hall–Kier alpha value is -2.47. The molecule has 6 heteroatoms. The minimum absolute atomic E-state index is 0.199. The van der Waals surface area contributed by atoms with Gasteiger partial charge in [-0.15, -0.1) is 0 Å². The number of amides is 1. The van der Waals surface area contributed by atoms with Crippen molar-refractivity contribution in [2.75, 3.05) is 5.32 Å². The third kappa shape index (κ3) is 2.71. The number of carbonyl (C=O) groups excluding carboxylic acids is 1. The van der Waals surface area contributed by atoms with Gasteiger partial charge in [0.25, 0.3) is 5.91 Å². The molecule has 1 aromatic heterocycles. The predicted octanol–water partition coefficient (Wildman–Crippen LogP) is 1.66. The molecule has 0 radical (unpaired) electrons. The van der Waals surface area contributed by atoms with E-state index in [1.54, 1.807) is 6.07 Å². The number of benzene rings is 1. The van der Waals surface area contributed by atoms with E-state index >= 15 is 0 Å². The highest BCUT2D eigenvalue weighted by atomic mass is 19.1. The summed E-state index contributed by atoms with van der Waals surface area (Å²) in [5, 5.41) is 11.9. The van der Waals surface area contributed by atoms with Crippen LogP contribution in [0.5, 0.6) is 5.75 Å². The number of hydrogen-bond acceptors (Lipinski definition) is 4. The van der Waals surface area contributed by atoms with Gasteiger partial charge in [-0.1, -0.05) is 0 Å². The Bertz CT molecular complexity index is 690. The zero-order valence-electron chi connectivity index (χ0n) is 11.0. The molecule has 1 aliphatic heterocycles. The summed E-state index contributed by atoms with van der Waals surface area (Å²) >= 11 is 0. The molecule has 2 N–H and O–H groups in total. The van der Waals surface area contributed by atoms with Crippen LogP contribution in [0.25, 0.3) is 0 Å². The van der Waals surface area contributed by atoms with Crippen LogP contribution in [0.2, 0.25) is 0 Å². The van der Waals surface area contributed by atoms with Gasteiger partial charge in [0.05, 0.1) is 18.5 Å². The lowest BCUT2D eigenvalue weighted by atomic mass is 10.1. The quantitative estimate of drug-likeness (QED) is 0.901. The topological polar surface area (TPSA) is 71.5 Å². The number of rotatable bonds is 3. The Balaban J connectivity index is 1.73. The van der Waals surface area contributed by atoms with Crippen molar-refractivity contribution in [3.05, 3.63) is 53.6 Å². The SMILES string of the molecule is O=C(Nc1cnccc1CO)C1Cc2cc(F)ccc2O1. The number of carbonyl (C=O) groups is 1. The average molecular weight is 288 g/mol. The summed E-state index contributed by atoms with van der Waals surface area (Å²) in [6.45, 7) is -0.199. The molecule has 5 nitrogen and oxygen atoms in total. The molecule has 0 aliphatic carbocycles. The van der Waals surface area contributed by atoms with Crippen LogP contribution >= 0.6 is 0 Å². The number of ether oxygens (including phenoxy) is 1. The van der Waals surface area contributed by atoms with Crippen molar-refractivity contribution in [2.45, 2.75) is 19.1 Å². The number of hydrogen-bond donors (Lipinski definition) is 2. The normalized spacial score (nSPS) is 16.2. The Morgan fingerprint density at radius 1 is 1.48 bits per heavy atom. The van der Waals surface area contributed by atoms with E-state index < -0.39 is 6.10 Å². The van der Waals surface area contributed by atoms with E-state index in [0.29, 0.717) is 29.0 Å². The third-order valence-corrected chi connectivity index (χ3v) is 3.33. The lowest BCUT2D eigenvalue weighted by molar-refractivity contribution is -0.122. The fourth-order valence-corrected chi connectivity index (χ4v) is 2.25. The number of pyridine rings is 1. The van der Waals surface area contributed by atoms with Crippen LogP contribution in [0.1, 0.15) is 11.1 Å². The molecule has 0 bridgehead atoms. The number of aliphatic hydroxyl groups is 1. The van der Waals surface area contributed by atoms with Gasteiger partial charge in [0.2, 0.25) is 0 Å². The first-order valence-electron chi connectivity index (χ1n) is 6.47. The van der Waals surface area contributed by atoms with Crippen molar-refractivity contribution in [3.8, 4) is 5.75 Å². The summed E-state index contributed by atoms with van der Waals surface area (Å²) < 4.78 is 18.7. The first-order valence-corrected chi connectivity index (χ1v) is 6.47. The number of anilines is 1. The van der Waals surface area contributed by atoms with Crippen molar-refractivity contribution in [3.63, 3.8) is 0 Å². The maximum Gasteiger partial charge on any atom is 0.265 e. The summed E-state index contributed by atoms with van der Waals surface area (Å²) in [5.41, 5.74) is 1.68. The second kappa shape index (κ2) is 5.49. The molecule has 3 rings (SSSR count). The van der Waals surface area contributed by atoms with Gasteiger partial charge in [-0.25, -0.2) is 4.39 Å². The fraction of sp³-hybridized carbons (Fsp3) is 0.200. The van der Waals surface area contributed by atoms with Gasteiger partial charge < -0.3 is 15.2 Å². The smallest absolute Gasteiger partial charge is 0.265 e. The van der Waals surface area contributed by atoms with Crippen LogP contribution in [0.3, 0.4) is 0 Å². The van der Waals surface area contributed by atoms with Crippen LogP contribution in [0.4, 0.5) is 10.1 Å². The van der Waals surface area contributed by atoms with E-state index in [2.05, 4.69) is 10.3 Å². The Kier molecular flexibility index (Phi) is 3.53. The molecular formula is C15H13FN2O3. The number of nitrogens with zero attached hydrogens (tertiary/aromatic N) is 1. The Morgan fingerprint density at radius 2 is 2.33 bits per heavy atom. The van der Waals surface area contributed by atoms with Gasteiger partial charge in [-0.3, -0.25) is 9.78 Å². The summed E-state index contributed by atoms with van der Waals surface area (Å²) in [5.74, 6) is -0.187. The molecule has 0 saturated heterocycles. The van der Waals surface area contributed by atoms with E-state index in [4.69, 9.17) is 4.74 Å². The minimum Gasteiger partial charge on any atom is -0.480 e. The average Bonchev–Trinajstić information content (AvgIpc) is 2.91. The molecule has 1 amide bonds. The first kappa shape index (κ1) is 13.5. The van der Waals surface area contributed by atoms with E-state index in [1.807, 2.05) is 0 Å². The highest BCUT2D eigenvalue weighted by molar-refractivity contribution is 5.95. The maximum atomic E-state index is 13.1. The van der Waals surface area contributed by atoms with Gasteiger partial charge in [-0.2, -0.15) is 0 Å². The zero-order valence-corrected chi connectivity index (χ0v) is 11.0. The van der Waals surface area contributed by atoms with Crippen LogP contribution in [-0.4, -0.2) is 22.1 Å². The van der Waals surface area contributed by atoms with Gasteiger partial charge in [0.15, 0.2) is 6.10 Å². The van der Waals surface area contributed by atoms with Crippen molar-refractivity contribution >= 4 is 11.6 Å². The molecule has 1 aromatic carbocycles. The minimum atomic E-state index is -0.714. The summed E-state index contributed by atoms with van der Waals surface area (Å²) in [6, 6.07) is 5.80. The first-order chi connectivity index (χ1) is 10.2. The number of fused-ring (bicyclic) bond motifs is 1. The largest absolute Gasteiger partial charge is 0.480 e. The third-order valence-electron chi connectivity index (χ3n) is 3.33. The monoisotopic (exact) mass is 288 g/mol. The second-order valence-corrected chi connectivity index (χ2v) is 4.74. The van der Waals surface area contributed by atoms with Gasteiger partial charge >= 0.3 is 0 Å². The molecule has 2 heterocycles. The Morgan fingerprint density at radius 3 is 3.14 bits per heavy atom. The van der Waals surface area contributed by atoms with Crippen molar-refractivity contribution in [1.29, 1.82) is 0 Å². The standard InChI is InChI=1S/C15H13FN2O3/c16-11-1-2-13-10(5-11)6-14(21-13)15(20)18-12-7-17-4-3-9(12)8-19/h1-5,7,14,19H,6,8H2,(H,18,20). The van der Waals surface area contributed by atoms with E-state index in [9.17, 15) is 14.3 Å². The summed E-state index contributed by atoms with van der Waals surface area (Å²) in [7, 11) is 0. The number of halogens is 1. The number of aliphatic hydroxyl groups excluding tert-OH is 1. The molecule has 0 saturated carbocycles. The molecule has 0 spiro atoms. The van der Waals surface area contributed by atoms with Crippen LogP contribution in [-0.2, 0) is 17.8 Å². The second-order valence-electron chi connectivity index (χ2n) is 4.74. The highest BCUT2D eigenvalue weighted by Gasteiger charge is 2.29. The molecule has 1 unspecified atom stereocenters. The van der Waals surface area contributed by atoms with Crippen molar-refractivity contribution in [2.24, 2.45) is 0 Å². The van der Waals surface area contributed by atoms with Crippen LogP contribution in [0, 0.1) is 5.82 Å². The molecule has 108 valence electrons. The van der Waals surface area contributed by atoms with Crippen LogP contribution in [0.15, 0.2) is 36.7 Å². The van der Waals surface area contributed by atoms with Gasteiger partial charge in [-0.05, 0) is 24.3 Å². The molecule has 21 heavy (non-hydrogen) atoms. The maximum absolute atomic E-state index is 13.1. The number of nitrogens with one attached hydrogen (secondary N) is 1. The Labute approximate surface area is 120 Å². The summed E-state index contributed by atoms with van der Waals surface area (Å²) in [4.78, 5) is 16.1. The zero-order chi connectivity index (χ0) is 14.8. The van der Waals surface area contributed by atoms with Gasteiger partial charge in [0, 0.05) is 23.7 Å². The highest BCUT2D eigenvalue weighted by Crippen LogP contribution is 2.29. The number of aromatic nitrogens is 1.